The van der Waals surface area contributed by atoms with Gasteiger partial charge in [0.15, 0.2) is 0 Å². The van der Waals surface area contributed by atoms with Crippen molar-refractivity contribution in [2.45, 2.75) is 26.3 Å². The number of nitrogens with zero attached hydrogens (tertiary/aromatic N) is 1. The van der Waals surface area contributed by atoms with Crippen molar-refractivity contribution in [3.63, 3.8) is 0 Å². The Morgan fingerprint density at radius 3 is 2.89 bits per heavy atom. The van der Waals surface area contributed by atoms with Crippen LogP contribution in [0.25, 0.3) is 10.9 Å². The molecular formula is C15H19ClN2O. The average Bonchev–Trinajstić information content (AvgIpc) is 2.69. The maximum Gasteiger partial charge on any atom is 0.220 e. The van der Waals surface area contributed by atoms with Gasteiger partial charge in [-0.05, 0) is 37.1 Å². The molecule has 0 saturated heterocycles. The summed E-state index contributed by atoms with van der Waals surface area (Å²) in [7, 11) is 2.06. The lowest BCUT2D eigenvalue weighted by Gasteiger charge is -2.05. The maximum atomic E-state index is 11.5. The van der Waals surface area contributed by atoms with Crippen molar-refractivity contribution < 1.29 is 4.79 Å². The smallest absolute Gasteiger partial charge is 0.220 e. The zero-order chi connectivity index (χ0) is 13.8. The standard InChI is InChI=1S/C15H19ClN2O/c1-11-8-13-9-12(5-6-14(13)18(11)2)10-17-15(19)4-3-7-16/h5-6,8-9H,3-4,7,10H2,1-2H3,(H,17,19). The lowest BCUT2D eigenvalue weighted by Crippen LogP contribution is -2.22. The second-order valence-corrected chi connectivity index (χ2v) is 5.19. The first-order valence-electron chi connectivity index (χ1n) is 6.49. The van der Waals surface area contributed by atoms with Gasteiger partial charge in [0.05, 0.1) is 0 Å². The Labute approximate surface area is 118 Å². The molecule has 0 fully saturated rings. The normalized spacial score (nSPS) is 10.9. The van der Waals surface area contributed by atoms with Crippen molar-refractivity contribution >= 4 is 28.4 Å². The van der Waals surface area contributed by atoms with Crippen LogP contribution in [0.4, 0.5) is 0 Å². The molecule has 0 unspecified atom stereocenters. The summed E-state index contributed by atoms with van der Waals surface area (Å²) in [6, 6.07) is 8.45. The molecule has 1 aromatic carbocycles. The number of benzene rings is 1. The molecule has 0 bridgehead atoms. The van der Waals surface area contributed by atoms with E-state index in [1.807, 2.05) is 0 Å². The second-order valence-electron chi connectivity index (χ2n) is 4.81. The van der Waals surface area contributed by atoms with E-state index in [0.717, 1.165) is 12.0 Å². The van der Waals surface area contributed by atoms with Gasteiger partial charge in [0.25, 0.3) is 0 Å². The molecule has 0 radical (unpaired) electrons. The van der Waals surface area contributed by atoms with Crippen LogP contribution in [0.1, 0.15) is 24.1 Å². The second kappa shape index (κ2) is 6.11. The summed E-state index contributed by atoms with van der Waals surface area (Å²) >= 11 is 5.56. The van der Waals surface area contributed by atoms with Crippen molar-refractivity contribution in [3.8, 4) is 0 Å². The van der Waals surface area contributed by atoms with E-state index in [9.17, 15) is 4.79 Å². The van der Waals surface area contributed by atoms with Crippen molar-refractivity contribution in [2.24, 2.45) is 7.05 Å². The maximum absolute atomic E-state index is 11.5. The highest BCUT2D eigenvalue weighted by Crippen LogP contribution is 2.19. The van der Waals surface area contributed by atoms with Gasteiger partial charge in [-0.3, -0.25) is 4.79 Å². The van der Waals surface area contributed by atoms with Crippen LogP contribution in [0.2, 0.25) is 0 Å². The Hall–Kier alpha value is -1.48. The first-order chi connectivity index (χ1) is 9.11. The fourth-order valence-electron chi connectivity index (χ4n) is 2.16. The summed E-state index contributed by atoms with van der Waals surface area (Å²) in [6.07, 6.45) is 1.22. The molecule has 3 nitrogen and oxygen atoms in total. The number of hydrogen-bond acceptors (Lipinski definition) is 1. The third-order valence-electron chi connectivity index (χ3n) is 3.37. The minimum Gasteiger partial charge on any atom is -0.352 e. The fraction of sp³-hybridized carbons (Fsp3) is 0.400. The molecule has 2 aromatic rings. The summed E-state index contributed by atoms with van der Waals surface area (Å²) in [5, 5.41) is 4.13. The predicted molar refractivity (Wildman–Crippen MR) is 79.5 cm³/mol. The van der Waals surface area contributed by atoms with Crippen molar-refractivity contribution in [1.29, 1.82) is 0 Å². The van der Waals surface area contributed by atoms with Crippen LogP contribution in [-0.2, 0) is 18.4 Å². The Bertz CT molecular complexity index is 589. The van der Waals surface area contributed by atoms with E-state index in [1.54, 1.807) is 0 Å². The number of amides is 1. The summed E-state index contributed by atoms with van der Waals surface area (Å²) in [5.41, 5.74) is 3.57. The molecule has 1 N–H and O–H groups in total. The van der Waals surface area contributed by atoms with Crippen LogP contribution in [0.5, 0.6) is 0 Å². The molecule has 19 heavy (non-hydrogen) atoms. The van der Waals surface area contributed by atoms with Crippen LogP contribution in [0.3, 0.4) is 0 Å². The molecule has 4 heteroatoms. The summed E-state index contributed by atoms with van der Waals surface area (Å²) < 4.78 is 2.16. The Kier molecular flexibility index (Phi) is 4.48. The Morgan fingerprint density at radius 1 is 1.37 bits per heavy atom. The Morgan fingerprint density at radius 2 is 2.16 bits per heavy atom. The number of carbonyl (C=O) groups is 1. The number of halogens is 1. The monoisotopic (exact) mass is 278 g/mol. The molecule has 2 rings (SSSR count). The first kappa shape index (κ1) is 13.9. The number of rotatable bonds is 5. The molecule has 1 amide bonds. The van der Waals surface area contributed by atoms with E-state index in [1.165, 1.54) is 16.6 Å². The van der Waals surface area contributed by atoms with E-state index < -0.39 is 0 Å². The highest BCUT2D eigenvalue weighted by Gasteiger charge is 2.04. The van der Waals surface area contributed by atoms with Crippen LogP contribution < -0.4 is 5.32 Å². The number of fused-ring (bicyclic) bond motifs is 1. The summed E-state index contributed by atoms with van der Waals surface area (Å²) in [4.78, 5) is 11.5. The predicted octanol–water partition coefficient (Wildman–Crippen LogP) is 3.12. The number of aryl methyl sites for hydroxylation is 2. The lowest BCUT2D eigenvalue weighted by atomic mass is 10.1. The quantitative estimate of drug-likeness (QED) is 0.838. The van der Waals surface area contributed by atoms with Gasteiger partial charge in [0, 0.05) is 42.5 Å². The van der Waals surface area contributed by atoms with Crippen molar-refractivity contribution in [3.05, 3.63) is 35.5 Å². The van der Waals surface area contributed by atoms with Gasteiger partial charge >= 0.3 is 0 Å². The van der Waals surface area contributed by atoms with E-state index in [0.29, 0.717) is 18.8 Å². The highest BCUT2D eigenvalue weighted by molar-refractivity contribution is 6.17. The number of hydrogen-bond donors (Lipinski definition) is 1. The number of carbonyl (C=O) groups excluding carboxylic acids is 1. The summed E-state index contributed by atoms with van der Waals surface area (Å²) in [5.74, 6) is 0.591. The van der Waals surface area contributed by atoms with Gasteiger partial charge in [0.2, 0.25) is 5.91 Å². The fourth-order valence-corrected chi connectivity index (χ4v) is 2.30. The number of aromatic nitrogens is 1. The lowest BCUT2D eigenvalue weighted by molar-refractivity contribution is -0.121. The Balaban J connectivity index is 2.03. The highest BCUT2D eigenvalue weighted by atomic mass is 35.5. The third-order valence-corrected chi connectivity index (χ3v) is 3.64. The van der Waals surface area contributed by atoms with Crippen LogP contribution >= 0.6 is 11.6 Å². The molecule has 0 saturated carbocycles. The minimum absolute atomic E-state index is 0.0602. The molecule has 0 aliphatic carbocycles. The molecule has 0 spiro atoms. The largest absolute Gasteiger partial charge is 0.352 e. The molecular weight excluding hydrogens is 260 g/mol. The zero-order valence-electron chi connectivity index (χ0n) is 11.4. The van der Waals surface area contributed by atoms with Crippen LogP contribution in [0.15, 0.2) is 24.3 Å². The topological polar surface area (TPSA) is 34.0 Å². The summed E-state index contributed by atoms with van der Waals surface area (Å²) in [6.45, 7) is 2.67. The third kappa shape index (κ3) is 3.29. The van der Waals surface area contributed by atoms with E-state index in [-0.39, 0.29) is 5.91 Å². The van der Waals surface area contributed by atoms with E-state index in [4.69, 9.17) is 11.6 Å². The molecule has 1 aromatic heterocycles. The first-order valence-corrected chi connectivity index (χ1v) is 7.03. The van der Waals surface area contributed by atoms with E-state index in [2.05, 4.69) is 48.1 Å². The van der Waals surface area contributed by atoms with Crippen molar-refractivity contribution in [1.82, 2.24) is 9.88 Å². The van der Waals surface area contributed by atoms with Gasteiger partial charge in [-0.1, -0.05) is 6.07 Å². The molecule has 0 atom stereocenters. The molecule has 102 valence electrons. The van der Waals surface area contributed by atoms with Crippen LogP contribution in [0, 0.1) is 6.92 Å². The zero-order valence-corrected chi connectivity index (χ0v) is 12.1. The minimum atomic E-state index is 0.0602. The molecule has 1 heterocycles. The average molecular weight is 279 g/mol. The van der Waals surface area contributed by atoms with Crippen molar-refractivity contribution in [2.75, 3.05) is 5.88 Å². The van der Waals surface area contributed by atoms with Gasteiger partial charge in [0.1, 0.15) is 0 Å². The van der Waals surface area contributed by atoms with Gasteiger partial charge in [-0.2, -0.15) is 0 Å². The molecule has 0 aliphatic rings. The van der Waals surface area contributed by atoms with Crippen LogP contribution in [-0.4, -0.2) is 16.4 Å². The van der Waals surface area contributed by atoms with Gasteiger partial charge in [-0.25, -0.2) is 0 Å². The SMILES string of the molecule is Cc1cc2cc(CNC(=O)CCCCl)ccc2n1C. The van der Waals surface area contributed by atoms with Gasteiger partial charge < -0.3 is 9.88 Å². The van der Waals surface area contributed by atoms with E-state index >= 15 is 0 Å². The number of alkyl halides is 1. The van der Waals surface area contributed by atoms with Gasteiger partial charge in [-0.15, -0.1) is 11.6 Å². The number of nitrogens with one attached hydrogen (secondary N) is 1. The molecule has 0 aliphatic heterocycles.